The summed E-state index contributed by atoms with van der Waals surface area (Å²) in [6.45, 7) is 2.43. The molecule has 1 amide bonds. The number of carbonyl (C=O) groups is 1. The molecule has 3 rings (SSSR count). The Labute approximate surface area is 141 Å². The Morgan fingerprint density at radius 3 is 2.87 bits per heavy atom. The van der Waals surface area contributed by atoms with Crippen LogP contribution < -0.4 is 10.1 Å². The molecule has 1 aromatic heterocycles. The fourth-order valence-electron chi connectivity index (χ4n) is 2.96. The number of hydrogen-bond acceptors (Lipinski definition) is 4. The van der Waals surface area contributed by atoms with Gasteiger partial charge in [-0.25, -0.2) is 0 Å². The number of hydrogen-bond donors (Lipinski definition) is 1. The van der Waals surface area contributed by atoms with E-state index in [0.717, 1.165) is 37.4 Å². The molecule has 5 heteroatoms. The normalized spacial score (nSPS) is 18.0. The van der Waals surface area contributed by atoms with E-state index < -0.39 is 0 Å². The van der Waals surface area contributed by atoms with Crippen molar-refractivity contribution in [2.45, 2.75) is 18.9 Å². The van der Waals surface area contributed by atoms with E-state index >= 15 is 0 Å². The molecule has 1 N–H and O–H groups in total. The SMILES string of the molecule is COc1ccc([C@@H]2CNCCN2C(=O)CCc2cccs2)cc1. The summed E-state index contributed by atoms with van der Waals surface area (Å²) >= 11 is 1.72. The predicted octanol–water partition coefficient (Wildman–Crippen LogP) is 2.86. The van der Waals surface area contributed by atoms with E-state index in [1.807, 2.05) is 23.1 Å². The summed E-state index contributed by atoms with van der Waals surface area (Å²) in [7, 11) is 1.66. The van der Waals surface area contributed by atoms with Crippen LogP contribution in [0.1, 0.15) is 22.9 Å². The minimum absolute atomic E-state index is 0.102. The van der Waals surface area contributed by atoms with Crippen molar-refractivity contribution in [1.29, 1.82) is 0 Å². The fourth-order valence-corrected chi connectivity index (χ4v) is 3.66. The second-order valence-electron chi connectivity index (χ2n) is 5.66. The molecule has 1 aromatic carbocycles. The minimum Gasteiger partial charge on any atom is -0.497 e. The van der Waals surface area contributed by atoms with Crippen molar-refractivity contribution < 1.29 is 9.53 Å². The van der Waals surface area contributed by atoms with Gasteiger partial charge in [0.2, 0.25) is 5.91 Å². The lowest BCUT2D eigenvalue weighted by Gasteiger charge is -2.36. The van der Waals surface area contributed by atoms with Crippen LogP contribution in [0.2, 0.25) is 0 Å². The average molecular weight is 330 g/mol. The van der Waals surface area contributed by atoms with Gasteiger partial charge in [-0.2, -0.15) is 0 Å². The van der Waals surface area contributed by atoms with Gasteiger partial charge in [0.15, 0.2) is 0 Å². The molecular formula is C18H22N2O2S. The number of benzene rings is 1. The average Bonchev–Trinajstić information content (AvgIpc) is 3.13. The molecule has 4 nitrogen and oxygen atoms in total. The number of carbonyl (C=O) groups excluding carboxylic acids is 1. The Bertz CT molecular complexity index is 625. The van der Waals surface area contributed by atoms with Gasteiger partial charge in [-0.3, -0.25) is 4.79 Å². The minimum atomic E-state index is 0.102. The zero-order valence-corrected chi connectivity index (χ0v) is 14.1. The molecule has 1 fully saturated rings. The van der Waals surface area contributed by atoms with E-state index in [1.54, 1.807) is 18.4 Å². The number of thiophene rings is 1. The van der Waals surface area contributed by atoms with Crippen molar-refractivity contribution in [1.82, 2.24) is 10.2 Å². The molecule has 0 spiro atoms. The molecule has 2 heterocycles. The topological polar surface area (TPSA) is 41.6 Å². The number of amides is 1. The standard InChI is InChI=1S/C18H22N2O2S/c1-22-15-6-4-14(5-7-15)17-13-19-10-11-20(17)18(21)9-8-16-3-2-12-23-16/h2-7,12,17,19H,8-11,13H2,1H3/t17-/m0/s1. The first-order valence-corrected chi connectivity index (χ1v) is 8.82. The first kappa shape index (κ1) is 16.0. The highest BCUT2D eigenvalue weighted by Crippen LogP contribution is 2.25. The monoisotopic (exact) mass is 330 g/mol. The first-order chi connectivity index (χ1) is 11.3. The Hall–Kier alpha value is -1.85. The number of rotatable bonds is 5. The predicted molar refractivity (Wildman–Crippen MR) is 93.0 cm³/mol. The van der Waals surface area contributed by atoms with E-state index in [0.29, 0.717) is 6.42 Å². The molecule has 0 saturated carbocycles. The highest BCUT2D eigenvalue weighted by molar-refractivity contribution is 7.09. The Morgan fingerprint density at radius 1 is 1.35 bits per heavy atom. The molecular weight excluding hydrogens is 308 g/mol. The van der Waals surface area contributed by atoms with E-state index in [2.05, 4.69) is 28.9 Å². The Morgan fingerprint density at radius 2 is 2.17 bits per heavy atom. The van der Waals surface area contributed by atoms with Gasteiger partial charge in [-0.1, -0.05) is 18.2 Å². The number of nitrogens with one attached hydrogen (secondary N) is 1. The zero-order valence-electron chi connectivity index (χ0n) is 13.3. The molecule has 1 saturated heterocycles. The number of methoxy groups -OCH3 is 1. The summed E-state index contributed by atoms with van der Waals surface area (Å²) < 4.78 is 5.22. The van der Waals surface area contributed by atoms with Crippen molar-refractivity contribution in [3.8, 4) is 5.75 Å². The van der Waals surface area contributed by atoms with Gasteiger partial charge in [-0.05, 0) is 35.6 Å². The highest BCUT2D eigenvalue weighted by atomic mass is 32.1. The largest absolute Gasteiger partial charge is 0.497 e. The van der Waals surface area contributed by atoms with Gasteiger partial charge < -0.3 is 15.0 Å². The molecule has 122 valence electrons. The maximum absolute atomic E-state index is 12.7. The number of ether oxygens (including phenoxy) is 1. The molecule has 1 aliphatic heterocycles. The smallest absolute Gasteiger partial charge is 0.223 e. The quantitative estimate of drug-likeness (QED) is 0.916. The molecule has 1 atom stereocenters. The van der Waals surface area contributed by atoms with Crippen LogP contribution in [0, 0.1) is 0 Å². The van der Waals surface area contributed by atoms with Crippen molar-refractivity contribution in [2.24, 2.45) is 0 Å². The Balaban J connectivity index is 1.68. The van der Waals surface area contributed by atoms with Gasteiger partial charge in [0.1, 0.15) is 5.75 Å². The van der Waals surface area contributed by atoms with Crippen molar-refractivity contribution in [3.63, 3.8) is 0 Å². The van der Waals surface area contributed by atoms with Gasteiger partial charge in [0, 0.05) is 30.9 Å². The molecule has 0 radical (unpaired) electrons. The van der Waals surface area contributed by atoms with Crippen LogP contribution >= 0.6 is 11.3 Å². The van der Waals surface area contributed by atoms with Crippen LogP contribution in [-0.4, -0.2) is 37.6 Å². The molecule has 2 aromatic rings. The van der Waals surface area contributed by atoms with Crippen LogP contribution in [-0.2, 0) is 11.2 Å². The number of aryl methyl sites for hydroxylation is 1. The van der Waals surface area contributed by atoms with Crippen LogP contribution in [0.4, 0.5) is 0 Å². The van der Waals surface area contributed by atoms with Crippen molar-refractivity contribution in [2.75, 3.05) is 26.7 Å². The van der Waals surface area contributed by atoms with Crippen LogP contribution in [0.3, 0.4) is 0 Å². The third-order valence-corrected chi connectivity index (χ3v) is 5.17. The van der Waals surface area contributed by atoms with Gasteiger partial charge >= 0.3 is 0 Å². The number of nitrogens with zero attached hydrogens (tertiary/aromatic N) is 1. The van der Waals surface area contributed by atoms with Gasteiger partial charge in [0.05, 0.1) is 13.2 Å². The molecule has 23 heavy (non-hydrogen) atoms. The maximum atomic E-state index is 12.7. The van der Waals surface area contributed by atoms with Crippen LogP contribution in [0.25, 0.3) is 0 Å². The summed E-state index contributed by atoms with van der Waals surface area (Å²) in [5.74, 6) is 1.08. The lowest BCUT2D eigenvalue weighted by molar-refractivity contribution is -0.134. The number of piperazine rings is 1. The second-order valence-corrected chi connectivity index (χ2v) is 6.69. The van der Waals surface area contributed by atoms with E-state index in [9.17, 15) is 4.79 Å². The summed E-state index contributed by atoms with van der Waals surface area (Å²) in [6, 6.07) is 12.2. The summed E-state index contributed by atoms with van der Waals surface area (Å²) in [5.41, 5.74) is 1.16. The van der Waals surface area contributed by atoms with Crippen molar-refractivity contribution >= 4 is 17.2 Å². The zero-order chi connectivity index (χ0) is 16.1. The van der Waals surface area contributed by atoms with Crippen molar-refractivity contribution in [3.05, 3.63) is 52.2 Å². The van der Waals surface area contributed by atoms with E-state index in [-0.39, 0.29) is 11.9 Å². The first-order valence-electron chi connectivity index (χ1n) is 7.94. The summed E-state index contributed by atoms with van der Waals surface area (Å²) in [5, 5.41) is 5.45. The highest BCUT2D eigenvalue weighted by Gasteiger charge is 2.27. The van der Waals surface area contributed by atoms with Crippen LogP contribution in [0.15, 0.2) is 41.8 Å². The van der Waals surface area contributed by atoms with Crippen LogP contribution in [0.5, 0.6) is 5.75 Å². The lowest BCUT2D eigenvalue weighted by Crippen LogP contribution is -2.48. The Kier molecular flexibility index (Phi) is 5.31. The van der Waals surface area contributed by atoms with E-state index in [1.165, 1.54) is 4.88 Å². The molecule has 0 bridgehead atoms. The third-order valence-electron chi connectivity index (χ3n) is 4.23. The summed E-state index contributed by atoms with van der Waals surface area (Å²) in [4.78, 5) is 16.0. The third kappa shape index (κ3) is 3.92. The molecule has 0 aliphatic carbocycles. The second kappa shape index (κ2) is 7.62. The summed E-state index contributed by atoms with van der Waals surface area (Å²) in [6.07, 6.45) is 1.41. The molecule has 1 aliphatic rings. The van der Waals surface area contributed by atoms with Gasteiger partial charge in [0.25, 0.3) is 0 Å². The fraction of sp³-hybridized carbons (Fsp3) is 0.389. The lowest BCUT2D eigenvalue weighted by atomic mass is 10.0. The molecule has 0 unspecified atom stereocenters. The van der Waals surface area contributed by atoms with E-state index in [4.69, 9.17) is 4.74 Å². The van der Waals surface area contributed by atoms with Gasteiger partial charge in [-0.15, -0.1) is 11.3 Å². The maximum Gasteiger partial charge on any atom is 0.223 e.